The largest absolute Gasteiger partial charge is 0.467 e. The molecule has 0 radical (unpaired) electrons. The molecule has 0 saturated carbocycles. The van der Waals surface area contributed by atoms with Gasteiger partial charge in [0.05, 0.1) is 18.7 Å². The van der Waals surface area contributed by atoms with E-state index in [9.17, 15) is 9.59 Å². The third-order valence-electron chi connectivity index (χ3n) is 4.17. The summed E-state index contributed by atoms with van der Waals surface area (Å²) in [5.74, 6) is -0.915. The van der Waals surface area contributed by atoms with E-state index in [0.717, 1.165) is 16.5 Å². The minimum Gasteiger partial charge on any atom is -0.467 e. The minimum absolute atomic E-state index is 0.304. The van der Waals surface area contributed by atoms with E-state index in [4.69, 9.17) is 10.00 Å². The summed E-state index contributed by atoms with van der Waals surface area (Å²) in [6.45, 7) is 0. The summed E-state index contributed by atoms with van der Waals surface area (Å²) in [6.07, 6.45) is 2.13. The van der Waals surface area contributed by atoms with Crippen LogP contribution in [0.4, 0.5) is 0 Å². The van der Waals surface area contributed by atoms with Crippen molar-refractivity contribution in [2.45, 2.75) is 12.5 Å². The van der Waals surface area contributed by atoms with Crippen LogP contribution in [-0.4, -0.2) is 30.0 Å². The molecule has 26 heavy (non-hydrogen) atoms. The molecular weight excluding hydrogens is 330 g/mol. The fourth-order valence-electron chi connectivity index (χ4n) is 2.79. The van der Waals surface area contributed by atoms with Crippen LogP contribution in [0.5, 0.6) is 0 Å². The Morgan fingerprint density at radius 2 is 1.92 bits per heavy atom. The van der Waals surface area contributed by atoms with Crippen LogP contribution in [0.25, 0.3) is 10.9 Å². The van der Waals surface area contributed by atoms with Crippen LogP contribution in [0.2, 0.25) is 0 Å². The Labute approximate surface area is 150 Å². The van der Waals surface area contributed by atoms with E-state index in [1.54, 1.807) is 24.3 Å². The van der Waals surface area contributed by atoms with Crippen LogP contribution in [0.1, 0.15) is 21.5 Å². The third kappa shape index (κ3) is 3.57. The molecule has 0 fully saturated rings. The van der Waals surface area contributed by atoms with Gasteiger partial charge < -0.3 is 15.0 Å². The number of nitrogens with zero attached hydrogens (tertiary/aromatic N) is 1. The Morgan fingerprint density at radius 3 is 2.62 bits per heavy atom. The van der Waals surface area contributed by atoms with Crippen molar-refractivity contribution in [3.63, 3.8) is 0 Å². The van der Waals surface area contributed by atoms with E-state index in [2.05, 4.69) is 10.3 Å². The van der Waals surface area contributed by atoms with Gasteiger partial charge >= 0.3 is 5.97 Å². The summed E-state index contributed by atoms with van der Waals surface area (Å²) < 4.78 is 4.84. The Kier molecular flexibility index (Phi) is 4.99. The van der Waals surface area contributed by atoms with Crippen LogP contribution in [0, 0.1) is 11.3 Å². The smallest absolute Gasteiger partial charge is 0.328 e. The molecule has 3 aromatic rings. The number of methoxy groups -OCH3 is 1. The fraction of sp³-hybridized carbons (Fsp3) is 0.150. The lowest BCUT2D eigenvalue weighted by molar-refractivity contribution is -0.142. The van der Waals surface area contributed by atoms with Crippen LogP contribution < -0.4 is 5.32 Å². The van der Waals surface area contributed by atoms with Crippen molar-refractivity contribution < 1.29 is 14.3 Å². The molecule has 0 aliphatic rings. The lowest BCUT2D eigenvalue weighted by atomic mass is 10.0. The topological polar surface area (TPSA) is 95.0 Å². The number of carbonyl (C=O) groups is 2. The molecule has 0 bridgehead atoms. The van der Waals surface area contributed by atoms with Crippen molar-refractivity contribution in [2.75, 3.05) is 7.11 Å². The maximum absolute atomic E-state index is 12.5. The zero-order valence-electron chi connectivity index (χ0n) is 14.2. The molecule has 6 heteroatoms. The number of aromatic amines is 1. The fourth-order valence-corrected chi connectivity index (χ4v) is 2.79. The first kappa shape index (κ1) is 17.2. The van der Waals surface area contributed by atoms with Gasteiger partial charge in [0.1, 0.15) is 6.04 Å². The number of nitrogens with one attached hydrogen (secondary N) is 2. The number of aromatic nitrogens is 1. The lowest BCUT2D eigenvalue weighted by Crippen LogP contribution is -2.43. The van der Waals surface area contributed by atoms with Gasteiger partial charge in [-0.05, 0) is 35.9 Å². The number of hydrogen-bond donors (Lipinski definition) is 2. The molecule has 1 aromatic heterocycles. The van der Waals surface area contributed by atoms with Crippen LogP contribution in [0.3, 0.4) is 0 Å². The summed E-state index contributed by atoms with van der Waals surface area (Å²) in [4.78, 5) is 27.8. The number of nitriles is 1. The molecule has 2 aromatic carbocycles. The standard InChI is InChI=1S/C20H17N3O3/c1-26-20(25)18(10-15-12-22-17-5-3-2-4-16(15)17)23-19(24)14-8-6-13(11-21)7-9-14/h2-9,12,18,22H,10H2,1H3,(H,23,24). The average molecular weight is 347 g/mol. The van der Waals surface area contributed by atoms with E-state index in [0.29, 0.717) is 17.5 Å². The van der Waals surface area contributed by atoms with Gasteiger partial charge in [-0.3, -0.25) is 4.79 Å². The zero-order valence-corrected chi connectivity index (χ0v) is 14.2. The van der Waals surface area contributed by atoms with E-state index >= 15 is 0 Å². The molecular formula is C20H17N3O3. The number of fused-ring (bicyclic) bond motifs is 1. The first-order valence-corrected chi connectivity index (χ1v) is 8.06. The molecule has 0 saturated heterocycles. The van der Waals surface area contributed by atoms with Crippen molar-refractivity contribution in [1.82, 2.24) is 10.3 Å². The molecule has 0 spiro atoms. The molecule has 2 N–H and O–H groups in total. The second kappa shape index (κ2) is 7.53. The van der Waals surface area contributed by atoms with Crippen molar-refractivity contribution >= 4 is 22.8 Å². The van der Waals surface area contributed by atoms with Gasteiger partial charge in [0.2, 0.25) is 0 Å². The third-order valence-corrected chi connectivity index (χ3v) is 4.17. The van der Waals surface area contributed by atoms with E-state index in [-0.39, 0.29) is 0 Å². The highest BCUT2D eigenvalue weighted by atomic mass is 16.5. The second-order valence-corrected chi connectivity index (χ2v) is 5.80. The van der Waals surface area contributed by atoms with Crippen LogP contribution in [0.15, 0.2) is 54.7 Å². The first-order valence-electron chi connectivity index (χ1n) is 8.06. The molecule has 6 nitrogen and oxygen atoms in total. The van der Waals surface area contributed by atoms with Gasteiger partial charge in [-0.25, -0.2) is 4.79 Å². The van der Waals surface area contributed by atoms with E-state index in [1.807, 2.05) is 36.5 Å². The number of hydrogen-bond acceptors (Lipinski definition) is 4. The summed E-state index contributed by atoms with van der Waals surface area (Å²) in [5.41, 5.74) is 2.71. The van der Waals surface area contributed by atoms with Crippen molar-refractivity contribution in [2.24, 2.45) is 0 Å². The molecule has 0 aliphatic heterocycles. The van der Waals surface area contributed by atoms with Crippen LogP contribution in [-0.2, 0) is 16.0 Å². The lowest BCUT2D eigenvalue weighted by Gasteiger charge is -2.16. The normalized spacial score (nSPS) is 11.5. The number of rotatable bonds is 5. The highest BCUT2D eigenvalue weighted by Gasteiger charge is 2.23. The number of H-pyrrole nitrogens is 1. The molecule has 3 rings (SSSR count). The van der Waals surface area contributed by atoms with Gasteiger partial charge in [-0.1, -0.05) is 18.2 Å². The second-order valence-electron chi connectivity index (χ2n) is 5.80. The van der Waals surface area contributed by atoms with E-state index in [1.165, 1.54) is 7.11 Å². The predicted octanol–water partition coefficient (Wildman–Crippen LogP) is 2.55. The van der Waals surface area contributed by atoms with Crippen molar-refractivity contribution in [1.29, 1.82) is 5.26 Å². The maximum Gasteiger partial charge on any atom is 0.328 e. The molecule has 0 aliphatic carbocycles. The summed E-state index contributed by atoms with van der Waals surface area (Å²) >= 11 is 0. The summed E-state index contributed by atoms with van der Waals surface area (Å²) in [7, 11) is 1.29. The van der Waals surface area contributed by atoms with Crippen LogP contribution >= 0.6 is 0 Å². The number of ether oxygens (including phenoxy) is 1. The van der Waals surface area contributed by atoms with Gasteiger partial charge in [-0.15, -0.1) is 0 Å². The number of esters is 1. The van der Waals surface area contributed by atoms with Gasteiger partial charge in [-0.2, -0.15) is 5.26 Å². The number of carbonyl (C=O) groups excluding carboxylic acids is 2. The molecule has 130 valence electrons. The molecule has 1 amide bonds. The SMILES string of the molecule is COC(=O)C(Cc1c[nH]c2ccccc12)NC(=O)c1ccc(C#N)cc1. The Balaban J connectivity index is 1.80. The Hall–Kier alpha value is -3.59. The molecule has 1 unspecified atom stereocenters. The molecule has 1 heterocycles. The monoisotopic (exact) mass is 347 g/mol. The van der Waals surface area contributed by atoms with Gasteiger partial charge in [0.25, 0.3) is 5.91 Å². The number of para-hydroxylation sites is 1. The molecule has 1 atom stereocenters. The van der Waals surface area contributed by atoms with Gasteiger partial charge in [0, 0.05) is 29.1 Å². The summed E-state index contributed by atoms with van der Waals surface area (Å²) in [5, 5.41) is 12.5. The quantitative estimate of drug-likeness (QED) is 0.694. The predicted molar refractivity (Wildman–Crippen MR) is 96.4 cm³/mol. The number of benzene rings is 2. The first-order chi connectivity index (χ1) is 12.6. The minimum atomic E-state index is -0.817. The van der Waals surface area contributed by atoms with Crippen molar-refractivity contribution in [3.05, 3.63) is 71.4 Å². The van der Waals surface area contributed by atoms with Crippen molar-refractivity contribution in [3.8, 4) is 6.07 Å². The Bertz CT molecular complexity index is 983. The average Bonchev–Trinajstić information content (AvgIpc) is 3.09. The highest BCUT2D eigenvalue weighted by molar-refractivity contribution is 5.97. The maximum atomic E-state index is 12.5. The Morgan fingerprint density at radius 1 is 1.19 bits per heavy atom. The van der Waals surface area contributed by atoms with Gasteiger partial charge in [0.15, 0.2) is 0 Å². The van der Waals surface area contributed by atoms with E-state index < -0.39 is 17.9 Å². The highest BCUT2D eigenvalue weighted by Crippen LogP contribution is 2.19. The zero-order chi connectivity index (χ0) is 18.5. The number of amides is 1. The summed E-state index contributed by atoms with van der Waals surface area (Å²) in [6, 6.07) is 15.1.